The van der Waals surface area contributed by atoms with Gasteiger partial charge in [0.1, 0.15) is 5.58 Å². The van der Waals surface area contributed by atoms with Gasteiger partial charge >= 0.3 is 0 Å². The lowest BCUT2D eigenvalue weighted by molar-refractivity contribution is 0.588. The largest absolute Gasteiger partial charge is 0.464 e. The summed E-state index contributed by atoms with van der Waals surface area (Å²) in [6, 6.07) is 6.11. The van der Waals surface area contributed by atoms with E-state index in [1.54, 1.807) is 0 Å². The molecule has 0 bridgehead atoms. The Kier molecular flexibility index (Phi) is 2.33. The van der Waals surface area contributed by atoms with Gasteiger partial charge in [-0.2, -0.15) is 0 Å². The van der Waals surface area contributed by atoms with Crippen LogP contribution in [-0.2, 0) is 6.42 Å². The first-order valence-electron chi connectivity index (χ1n) is 5.61. The summed E-state index contributed by atoms with van der Waals surface area (Å²) in [5.41, 5.74) is 8.45. The summed E-state index contributed by atoms with van der Waals surface area (Å²) in [6.07, 6.45) is 6.29. The molecule has 2 aromatic rings. The lowest BCUT2D eigenvalue weighted by Crippen LogP contribution is -2.21. The van der Waals surface area contributed by atoms with Crippen molar-refractivity contribution in [2.24, 2.45) is 5.73 Å². The fourth-order valence-electron chi connectivity index (χ4n) is 2.04. The van der Waals surface area contributed by atoms with Crippen molar-refractivity contribution in [1.29, 1.82) is 0 Å². The van der Waals surface area contributed by atoms with Crippen molar-refractivity contribution in [2.45, 2.75) is 31.2 Å². The molecule has 0 aliphatic heterocycles. The Balaban J connectivity index is 1.88. The fourth-order valence-corrected chi connectivity index (χ4v) is 2.40. The Hall–Kier alpha value is -0.800. The number of rotatable bonds is 3. The summed E-state index contributed by atoms with van der Waals surface area (Å²) in [5, 5.41) is 1.21. The minimum Gasteiger partial charge on any atom is -0.464 e. The molecular weight excluding hydrogens is 266 g/mol. The third kappa shape index (κ3) is 1.89. The second-order valence-electron chi connectivity index (χ2n) is 4.76. The van der Waals surface area contributed by atoms with Crippen molar-refractivity contribution in [2.75, 3.05) is 0 Å². The number of hydrogen-bond donors (Lipinski definition) is 1. The first-order valence-corrected chi connectivity index (χ1v) is 6.40. The maximum atomic E-state index is 6.10. The molecule has 1 saturated carbocycles. The van der Waals surface area contributed by atoms with Gasteiger partial charge in [-0.25, -0.2) is 0 Å². The topological polar surface area (TPSA) is 39.2 Å². The molecule has 0 atom stereocenters. The molecule has 0 spiro atoms. The fraction of sp³-hybridized carbons (Fsp3) is 0.385. The number of furan rings is 1. The lowest BCUT2D eigenvalue weighted by atomic mass is 10.0. The van der Waals surface area contributed by atoms with Crippen LogP contribution in [0.3, 0.4) is 0 Å². The summed E-state index contributed by atoms with van der Waals surface area (Å²) in [6.45, 7) is 0. The van der Waals surface area contributed by atoms with Gasteiger partial charge in [0.15, 0.2) is 0 Å². The first kappa shape index (κ1) is 10.4. The maximum Gasteiger partial charge on any atom is 0.134 e. The average molecular weight is 280 g/mol. The molecule has 1 aromatic heterocycles. The minimum absolute atomic E-state index is 0.121. The molecule has 2 N–H and O–H groups in total. The number of aryl methyl sites for hydroxylation is 1. The zero-order chi connectivity index (χ0) is 11.2. The highest BCUT2D eigenvalue weighted by Crippen LogP contribution is 2.37. The number of nitrogens with two attached hydrogens (primary N) is 1. The Morgan fingerprint density at radius 1 is 1.38 bits per heavy atom. The van der Waals surface area contributed by atoms with Crippen LogP contribution < -0.4 is 5.73 Å². The van der Waals surface area contributed by atoms with Crippen molar-refractivity contribution in [3.05, 3.63) is 34.5 Å². The van der Waals surface area contributed by atoms with Gasteiger partial charge in [-0.05, 0) is 49.4 Å². The molecule has 1 aliphatic rings. The van der Waals surface area contributed by atoms with E-state index in [-0.39, 0.29) is 5.54 Å². The van der Waals surface area contributed by atoms with Crippen LogP contribution in [0.5, 0.6) is 0 Å². The van der Waals surface area contributed by atoms with E-state index in [0.717, 1.165) is 22.9 Å². The molecule has 0 unspecified atom stereocenters. The van der Waals surface area contributed by atoms with Crippen molar-refractivity contribution >= 4 is 26.9 Å². The smallest absolute Gasteiger partial charge is 0.134 e. The molecular formula is C13H14BrNO. The highest BCUT2D eigenvalue weighted by Gasteiger charge is 2.37. The minimum atomic E-state index is 0.121. The van der Waals surface area contributed by atoms with Crippen molar-refractivity contribution in [1.82, 2.24) is 0 Å². The lowest BCUT2D eigenvalue weighted by Gasteiger charge is -2.06. The van der Waals surface area contributed by atoms with Crippen LogP contribution in [0.2, 0.25) is 0 Å². The van der Waals surface area contributed by atoms with E-state index in [1.165, 1.54) is 23.8 Å². The van der Waals surface area contributed by atoms with Crippen LogP contribution in [-0.4, -0.2) is 5.54 Å². The molecule has 3 heteroatoms. The predicted octanol–water partition coefficient (Wildman–Crippen LogP) is 3.62. The summed E-state index contributed by atoms with van der Waals surface area (Å²) >= 11 is 3.49. The molecule has 3 rings (SSSR count). The molecule has 1 heterocycles. The Bertz CT molecular complexity index is 528. The van der Waals surface area contributed by atoms with Crippen LogP contribution in [0.15, 0.2) is 33.4 Å². The second kappa shape index (κ2) is 3.60. The number of fused-ring (bicyclic) bond motifs is 1. The molecule has 0 amide bonds. The van der Waals surface area contributed by atoms with Crippen molar-refractivity contribution < 1.29 is 4.42 Å². The number of benzene rings is 1. The van der Waals surface area contributed by atoms with Gasteiger partial charge in [-0.3, -0.25) is 0 Å². The SMILES string of the molecule is NC1(CCc2coc3ccc(Br)cc23)CC1. The second-order valence-corrected chi connectivity index (χ2v) is 5.68. The predicted molar refractivity (Wildman–Crippen MR) is 68.4 cm³/mol. The van der Waals surface area contributed by atoms with Gasteiger partial charge in [0.25, 0.3) is 0 Å². The van der Waals surface area contributed by atoms with Crippen LogP contribution in [0.1, 0.15) is 24.8 Å². The third-order valence-electron chi connectivity index (χ3n) is 3.40. The molecule has 1 aromatic carbocycles. The highest BCUT2D eigenvalue weighted by molar-refractivity contribution is 9.10. The van der Waals surface area contributed by atoms with E-state index in [1.807, 2.05) is 18.4 Å². The Morgan fingerprint density at radius 3 is 2.94 bits per heavy atom. The van der Waals surface area contributed by atoms with E-state index in [0.29, 0.717) is 0 Å². The monoisotopic (exact) mass is 279 g/mol. The molecule has 16 heavy (non-hydrogen) atoms. The Labute approximate surface area is 103 Å². The number of halogens is 1. The molecule has 1 fully saturated rings. The van der Waals surface area contributed by atoms with Gasteiger partial charge in [0, 0.05) is 15.4 Å². The summed E-state index contributed by atoms with van der Waals surface area (Å²) in [5.74, 6) is 0. The first-order chi connectivity index (χ1) is 7.66. The zero-order valence-electron chi connectivity index (χ0n) is 9.00. The summed E-state index contributed by atoms with van der Waals surface area (Å²) in [4.78, 5) is 0. The van der Waals surface area contributed by atoms with Crippen LogP contribution >= 0.6 is 15.9 Å². The summed E-state index contributed by atoms with van der Waals surface area (Å²) in [7, 11) is 0. The average Bonchev–Trinajstić information content (AvgIpc) is 2.87. The molecule has 0 saturated heterocycles. The zero-order valence-corrected chi connectivity index (χ0v) is 10.6. The molecule has 1 aliphatic carbocycles. The van der Waals surface area contributed by atoms with Gasteiger partial charge in [-0.1, -0.05) is 15.9 Å². The molecule has 2 nitrogen and oxygen atoms in total. The van der Waals surface area contributed by atoms with Crippen molar-refractivity contribution in [3.63, 3.8) is 0 Å². The van der Waals surface area contributed by atoms with Crippen molar-refractivity contribution in [3.8, 4) is 0 Å². The number of hydrogen-bond acceptors (Lipinski definition) is 2. The molecule has 84 valence electrons. The highest BCUT2D eigenvalue weighted by atomic mass is 79.9. The van der Waals surface area contributed by atoms with Crippen LogP contribution in [0, 0.1) is 0 Å². The van der Waals surface area contributed by atoms with E-state index < -0.39 is 0 Å². The van der Waals surface area contributed by atoms with Gasteiger partial charge < -0.3 is 10.2 Å². The molecule has 0 radical (unpaired) electrons. The normalized spacial score (nSPS) is 17.9. The quantitative estimate of drug-likeness (QED) is 0.932. The Morgan fingerprint density at radius 2 is 2.19 bits per heavy atom. The third-order valence-corrected chi connectivity index (χ3v) is 3.89. The van der Waals surface area contributed by atoms with Crippen LogP contribution in [0.25, 0.3) is 11.0 Å². The van der Waals surface area contributed by atoms with E-state index in [4.69, 9.17) is 10.2 Å². The van der Waals surface area contributed by atoms with Gasteiger partial charge in [-0.15, -0.1) is 0 Å². The van der Waals surface area contributed by atoms with E-state index >= 15 is 0 Å². The van der Waals surface area contributed by atoms with Gasteiger partial charge in [0.05, 0.1) is 6.26 Å². The summed E-state index contributed by atoms with van der Waals surface area (Å²) < 4.78 is 6.62. The van der Waals surface area contributed by atoms with E-state index in [2.05, 4.69) is 22.0 Å². The van der Waals surface area contributed by atoms with Gasteiger partial charge in [0.2, 0.25) is 0 Å². The van der Waals surface area contributed by atoms with Crippen LogP contribution in [0.4, 0.5) is 0 Å². The standard InChI is InChI=1S/C13H14BrNO/c14-10-1-2-12-11(7-10)9(8-16-12)3-4-13(15)5-6-13/h1-2,7-8H,3-6,15H2. The van der Waals surface area contributed by atoms with E-state index in [9.17, 15) is 0 Å². The maximum absolute atomic E-state index is 6.10.